The van der Waals surface area contributed by atoms with E-state index in [2.05, 4.69) is 5.32 Å². The molecule has 7 nitrogen and oxygen atoms in total. The van der Waals surface area contributed by atoms with E-state index >= 15 is 0 Å². The van der Waals surface area contributed by atoms with Gasteiger partial charge in [-0.2, -0.15) is 0 Å². The molecule has 0 saturated heterocycles. The number of para-hydroxylation sites is 2. The summed E-state index contributed by atoms with van der Waals surface area (Å²) in [6, 6.07) is 6.57. The normalized spacial score (nSPS) is 20.6. The van der Waals surface area contributed by atoms with E-state index in [-0.39, 0.29) is 32.0 Å². The minimum absolute atomic E-state index is 0.0621. The zero-order valence-corrected chi connectivity index (χ0v) is 12.2. The van der Waals surface area contributed by atoms with Crippen LogP contribution in [0.25, 0.3) is 0 Å². The van der Waals surface area contributed by atoms with E-state index in [1.807, 2.05) is 12.1 Å². The lowest BCUT2D eigenvalue weighted by molar-refractivity contribution is -0.123. The smallest absolute Gasteiger partial charge is 0.220 e. The Balaban J connectivity index is 1.88. The number of hydrogen-bond acceptors (Lipinski definition) is 5. The van der Waals surface area contributed by atoms with Crippen molar-refractivity contribution in [1.29, 1.82) is 0 Å². The minimum atomic E-state index is -0.881. The first kappa shape index (κ1) is 16.1. The molecular weight excluding hydrogens is 288 g/mol. The second kappa shape index (κ2) is 7.65. The van der Waals surface area contributed by atoms with Gasteiger partial charge in [0.2, 0.25) is 11.8 Å². The highest BCUT2D eigenvalue weighted by Gasteiger charge is 2.25. The highest BCUT2D eigenvalue weighted by atomic mass is 16.5. The van der Waals surface area contributed by atoms with Gasteiger partial charge in [-0.15, -0.1) is 0 Å². The van der Waals surface area contributed by atoms with Gasteiger partial charge in [0.25, 0.3) is 0 Å². The van der Waals surface area contributed by atoms with Crippen LogP contribution >= 0.6 is 0 Å². The largest absolute Gasteiger partial charge is 0.487 e. The van der Waals surface area contributed by atoms with Crippen molar-refractivity contribution in [2.24, 2.45) is 5.73 Å². The van der Waals surface area contributed by atoms with E-state index in [9.17, 15) is 14.7 Å². The number of benzene rings is 1. The lowest BCUT2D eigenvalue weighted by Gasteiger charge is -2.27. The maximum atomic E-state index is 11.8. The van der Waals surface area contributed by atoms with Crippen molar-refractivity contribution in [3.05, 3.63) is 24.3 Å². The summed E-state index contributed by atoms with van der Waals surface area (Å²) in [4.78, 5) is 22.4. The second-order valence-corrected chi connectivity index (χ2v) is 5.13. The molecule has 1 unspecified atom stereocenters. The van der Waals surface area contributed by atoms with E-state index < -0.39 is 18.1 Å². The Bertz CT molecular complexity index is 534. The summed E-state index contributed by atoms with van der Waals surface area (Å²) in [5.74, 6) is 0.435. The van der Waals surface area contributed by atoms with Crippen LogP contribution in [0, 0.1) is 0 Å². The predicted octanol–water partition coefficient (Wildman–Crippen LogP) is -0.0409. The number of fused-ring (bicyclic) bond motifs is 1. The van der Waals surface area contributed by atoms with Crippen LogP contribution in [0.3, 0.4) is 0 Å². The molecule has 1 aromatic rings. The Labute approximate surface area is 128 Å². The Hall–Kier alpha value is -2.28. The number of aliphatic hydroxyl groups excluding tert-OH is 1. The standard InChI is InChI=1S/C15H20N2O5/c16-14(19)6-3-7-15(20)17-10-8-21-12-4-1-2-5-13(12)22-9-11(10)18/h1-2,4-5,10-11,18H,3,6-9H2,(H2,16,19)(H,17,20)/t10?,11-/m1/s1. The van der Waals surface area contributed by atoms with Crippen LogP contribution in [0.15, 0.2) is 24.3 Å². The molecule has 2 amide bonds. The summed E-state index contributed by atoms with van der Waals surface area (Å²) < 4.78 is 11.1. The molecular formula is C15H20N2O5. The van der Waals surface area contributed by atoms with Gasteiger partial charge in [-0.3, -0.25) is 9.59 Å². The fourth-order valence-corrected chi connectivity index (χ4v) is 2.11. The Morgan fingerprint density at radius 2 is 1.82 bits per heavy atom. The molecule has 0 saturated carbocycles. The van der Waals surface area contributed by atoms with Gasteiger partial charge < -0.3 is 25.6 Å². The SMILES string of the molecule is NC(=O)CCCC(=O)NC1COc2ccccc2OC[C@H]1O. The van der Waals surface area contributed by atoms with Gasteiger partial charge in [-0.1, -0.05) is 12.1 Å². The van der Waals surface area contributed by atoms with Gasteiger partial charge in [-0.25, -0.2) is 0 Å². The average molecular weight is 308 g/mol. The fraction of sp³-hybridized carbons (Fsp3) is 0.467. The zero-order chi connectivity index (χ0) is 15.9. The van der Waals surface area contributed by atoms with Crippen molar-refractivity contribution >= 4 is 11.8 Å². The highest BCUT2D eigenvalue weighted by Crippen LogP contribution is 2.28. The third kappa shape index (κ3) is 4.63. The molecule has 0 fully saturated rings. The van der Waals surface area contributed by atoms with E-state index in [4.69, 9.17) is 15.2 Å². The molecule has 1 aromatic carbocycles. The molecule has 2 atom stereocenters. The molecule has 1 aliphatic rings. The summed E-state index contributed by atoms with van der Waals surface area (Å²) in [7, 11) is 0. The quantitative estimate of drug-likeness (QED) is 0.707. The van der Waals surface area contributed by atoms with Crippen molar-refractivity contribution in [3.8, 4) is 11.5 Å². The Morgan fingerprint density at radius 1 is 1.18 bits per heavy atom. The number of hydrogen-bond donors (Lipinski definition) is 3. The molecule has 1 aliphatic heterocycles. The van der Waals surface area contributed by atoms with Gasteiger partial charge in [0, 0.05) is 12.8 Å². The summed E-state index contributed by atoms with van der Waals surface area (Å²) in [5.41, 5.74) is 5.02. The monoisotopic (exact) mass is 308 g/mol. The summed E-state index contributed by atoms with van der Waals surface area (Å²) >= 11 is 0. The number of aliphatic hydroxyl groups is 1. The second-order valence-electron chi connectivity index (χ2n) is 5.13. The van der Waals surface area contributed by atoms with Crippen LogP contribution in [-0.4, -0.2) is 42.3 Å². The van der Waals surface area contributed by atoms with Crippen LogP contribution in [0.1, 0.15) is 19.3 Å². The molecule has 2 rings (SSSR count). The summed E-state index contributed by atoms with van der Waals surface area (Å²) in [5, 5.41) is 12.8. The molecule has 0 spiro atoms. The topological polar surface area (TPSA) is 111 Å². The van der Waals surface area contributed by atoms with E-state index in [0.29, 0.717) is 17.9 Å². The first-order valence-corrected chi connectivity index (χ1v) is 7.16. The van der Waals surface area contributed by atoms with Crippen LogP contribution in [0.4, 0.5) is 0 Å². The van der Waals surface area contributed by atoms with Crippen molar-refractivity contribution in [3.63, 3.8) is 0 Å². The van der Waals surface area contributed by atoms with Crippen molar-refractivity contribution in [1.82, 2.24) is 5.32 Å². The van der Waals surface area contributed by atoms with Gasteiger partial charge in [0.1, 0.15) is 19.3 Å². The summed E-state index contributed by atoms with van der Waals surface area (Å²) in [6.45, 7) is 0.204. The molecule has 22 heavy (non-hydrogen) atoms. The maximum absolute atomic E-state index is 11.8. The first-order chi connectivity index (χ1) is 10.6. The number of amides is 2. The van der Waals surface area contributed by atoms with Gasteiger partial charge in [0.05, 0.1) is 6.04 Å². The number of carbonyl (C=O) groups excluding carboxylic acids is 2. The molecule has 120 valence electrons. The molecule has 0 bridgehead atoms. The van der Waals surface area contributed by atoms with Crippen LogP contribution in [0.2, 0.25) is 0 Å². The highest BCUT2D eigenvalue weighted by molar-refractivity contribution is 5.78. The van der Waals surface area contributed by atoms with Gasteiger partial charge in [0.15, 0.2) is 11.5 Å². The third-order valence-corrected chi connectivity index (χ3v) is 3.32. The van der Waals surface area contributed by atoms with Crippen molar-refractivity contribution in [2.75, 3.05) is 13.2 Å². The number of rotatable bonds is 5. The number of primary amides is 1. The number of nitrogens with two attached hydrogens (primary N) is 1. The fourth-order valence-electron chi connectivity index (χ4n) is 2.11. The molecule has 0 aliphatic carbocycles. The molecule has 4 N–H and O–H groups in total. The number of nitrogens with one attached hydrogen (secondary N) is 1. The minimum Gasteiger partial charge on any atom is -0.487 e. The Kier molecular flexibility index (Phi) is 5.60. The van der Waals surface area contributed by atoms with Crippen molar-refractivity contribution in [2.45, 2.75) is 31.4 Å². The molecule has 7 heteroatoms. The Morgan fingerprint density at radius 3 is 2.45 bits per heavy atom. The van der Waals surface area contributed by atoms with Crippen LogP contribution in [-0.2, 0) is 9.59 Å². The molecule has 0 aromatic heterocycles. The van der Waals surface area contributed by atoms with Crippen LogP contribution in [0.5, 0.6) is 11.5 Å². The average Bonchev–Trinajstić information content (AvgIpc) is 2.48. The number of carbonyl (C=O) groups is 2. The maximum Gasteiger partial charge on any atom is 0.220 e. The lowest BCUT2D eigenvalue weighted by atomic mass is 10.1. The van der Waals surface area contributed by atoms with E-state index in [0.717, 1.165) is 0 Å². The van der Waals surface area contributed by atoms with Crippen molar-refractivity contribution < 1.29 is 24.2 Å². The van der Waals surface area contributed by atoms with Gasteiger partial charge in [-0.05, 0) is 18.6 Å². The molecule has 0 radical (unpaired) electrons. The summed E-state index contributed by atoms with van der Waals surface area (Å²) in [6.07, 6.45) is -0.171. The zero-order valence-electron chi connectivity index (χ0n) is 12.2. The lowest BCUT2D eigenvalue weighted by Crippen LogP contribution is -2.50. The van der Waals surface area contributed by atoms with Gasteiger partial charge >= 0.3 is 0 Å². The number of ether oxygens (including phenoxy) is 2. The van der Waals surface area contributed by atoms with E-state index in [1.54, 1.807) is 12.1 Å². The predicted molar refractivity (Wildman–Crippen MR) is 78.4 cm³/mol. The first-order valence-electron chi connectivity index (χ1n) is 7.16. The molecule has 1 heterocycles. The van der Waals surface area contributed by atoms with Crippen LogP contribution < -0.4 is 20.5 Å². The van der Waals surface area contributed by atoms with E-state index in [1.165, 1.54) is 0 Å². The third-order valence-electron chi connectivity index (χ3n) is 3.32.